The lowest BCUT2D eigenvalue weighted by Gasteiger charge is -2.11. The largest absolute Gasteiger partial charge is 0.288 e. The van der Waals surface area contributed by atoms with E-state index < -0.39 is 0 Å². The summed E-state index contributed by atoms with van der Waals surface area (Å²) in [6.45, 7) is 0.875. The van der Waals surface area contributed by atoms with Crippen LogP contribution in [0.1, 0.15) is 6.42 Å². The van der Waals surface area contributed by atoms with Crippen LogP contribution < -0.4 is 4.90 Å². The topological polar surface area (TPSA) is 82.0 Å². The maximum absolute atomic E-state index is 12.0. The van der Waals surface area contributed by atoms with Crippen molar-refractivity contribution in [3.63, 3.8) is 0 Å². The molecule has 8 heteroatoms. The number of carbonyl (C=O) groups is 1. The molecular formula is C12H10ClN5OS. The fourth-order valence-electron chi connectivity index (χ4n) is 2.26. The molecular weight excluding hydrogens is 298 g/mol. The molecule has 20 heavy (non-hydrogen) atoms. The molecule has 2 heterocycles. The Bertz CT molecular complexity index is 724. The third-order valence-electron chi connectivity index (χ3n) is 3.20. The number of carbonyl (C=O) groups excluding carboxylic acids is 1. The van der Waals surface area contributed by atoms with E-state index in [-0.39, 0.29) is 11.8 Å². The second-order valence-corrected chi connectivity index (χ2v) is 5.99. The number of hydrogen-bond acceptors (Lipinski definition) is 4. The van der Waals surface area contributed by atoms with Gasteiger partial charge in [0.05, 0.1) is 9.72 Å². The molecule has 102 valence electrons. The molecule has 0 aliphatic carbocycles. The summed E-state index contributed by atoms with van der Waals surface area (Å²) in [6, 6.07) is 5.58. The lowest BCUT2D eigenvalue weighted by Crippen LogP contribution is -2.24. The summed E-state index contributed by atoms with van der Waals surface area (Å²) in [5, 5.41) is 4.78. The number of amides is 1. The van der Waals surface area contributed by atoms with Crippen LogP contribution in [-0.2, 0) is 4.79 Å². The molecule has 1 amide bonds. The standard InChI is InChI=1S/C12H10ClN5OS/c13-8-2-1-3-9-11(8)16-12(20-9)18-6-7(4-10(18)19)5-15-17-14/h1-3,7H,4-6H2. The van der Waals surface area contributed by atoms with Gasteiger partial charge in [-0.1, -0.05) is 34.1 Å². The highest BCUT2D eigenvalue weighted by atomic mass is 35.5. The Labute approximate surface area is 123 Å². The SMILES string of the molecule is [N-]=[N+]=NCC1CC(=O)N(c2nc3c(Cl)cccc3s2)C1. The number of hydrogen-bond donors (Lipinski definition) is 0. The van der Waals surface area contributed by atoms with Crippen molar-refractivity contribution in [2.45, 2.75) is 6.42 Å². The average Bonchev–Trinajstić information content (AvgIpc) is 3.00. The molecule has 2 aromatic rings. The number of halogens is 1. The Morgan fingerprint density at radius 3 is 3.20 bits per heavy atom. The van der Waals surface area contributed by atoms with Crippen molar-refractivity contribution in [3.05, 3.63) is 33.7 Å². The van der Waals surface area contributed by atoms with Crippen molar-refractivity contribution in [2.75, 3.05) is 18.0 Å². The van der Waals surface area contributed by atoms with Gasteiger partial charge in [-0.05, 0) is 23.6 Å². The molecule has 1 aromatic heterocycles. The molecule has 0 spiro atoms. The number of anilines is 1. The van der Waals surface area contributed by atoms with E-state index in [1.165, 1.54) is 11.3 Å². The molecule has 6 nitrogen and oxygen atoms in total. The molecule has 1 fully saturated rings. The molecule has 1 saturated heterocycles. The molecule has 3 rings (SSSR count). The Kier molecular flexibility index (Phi) is 3.48. The van der Waals surface area contributed by atoms with E-state index in [0.29, 0.717) is 29.7 Å². The zero-order chi connectivity index (χ0) is 14.1. The lowest BCUT2D eigenvalue weighted by molar-refractivity contribution is -0.117. The Morgan fingerprint density at radius 2 is 2.45 bits per heavy atom. The quantitative estimate of drug-likeness (QED) is 0.493. The summed E-state index contributed by atoms with van der Waals surface area (Å²) in [7, 11) is 0. The summed E-state index contributed by atoms with van der Waals surface area (Å²) < 4.78 is 0.957. The van der Waals surface area contributed by atoms with E-state index in [0.717, 1.165) is 10.2 Å². The number of aromatic nitrogens is 1. The maximum Gasteiger partial charge on any atom is 0.229 e. The highest BCUT2D eigenvalue weighted by Crippen LogP contribution is 2.35. The number of para-hydroxylation sites is 1. The van der Waals surface area contributed by atoms with Crippen LogP contribution in [0.25, 0.3) is 20.7 Å². The van der Waals surface area contributed by atoms with E-state index in [4.69, 9.17) is 17.1 Å². The van der Waals surface area contributed by atoms with Crippen LogP contribution in [0.3, 0.4) is 0 Å². The predicted molar refractivity (Wildman–Crippen MR) is 79.1 cm³/mol. The molecule has 0 saturated carbocycles. The summed E-state index contributed by atoms with van der Waals surface area (Å²) in [5.41, 5.74) is 9.06. The highest BCUT2D eigenvalue weighted by molar-refractivity contribution is 7.22. The molecule has 1 aromatic carbocycles. The number of rotatable bonds is 3. The second-order valence-electron chi connectivity index (χ2n) is 4.57. The molecule has 0 bridgehead atoms. The molecule has 0 N–H and O–H groups in total. The number of fused-ring (bicyclic) bond motifs is 1. The summed E-state index contributed by atoms with van der Waals surface area (Å²) >= 11 is 7.54. The zero-order valence-corrected chi connectivity index (χ0v) is 11.9. The molecule has 1 aliphatic heterocycles. The van der Waals surface area contributed by atoms with Crippen molar-refractivity contribution in [3.8, 4) is 0 Å². The molecule has 1 atom stereocenters. The lowest BCUT2D eigenvalue weighted by atomic mass is 10.1. The second kappa shape index (κ2) is 5.28. The fourth-order valence-corrected chi connectivity index (χ4v) is 3.55. The minimum atomic E-state index is 0.0123. The van der Waals surface area contributed by atoms with E-state index in [9.17, 15) is 4.79 Å². The predicted octanol–water partition coefficient (Wildman–Crippen LogP) is 3.61. The van der Waals surface area contributed by atoms with E-state index in [1.807, 2.05) is 12.1 Å². The smallest absolute Gasteiger partial charge is 0.229 e. The molecule has 0 radical (unpaired) electrons. The molecule has 1 aliphatic rings. The Hall–Kier alpha value is -1.82. The van der Waals surface area contributed by atoms with E-state index in [1.54, 1.807) is 11.0 Å². The highest BCUT2D eigenvalue weighted by Gasteiger charge is 2.32. The third-order valence-corrected chi connectivity index (χ3v) is 4.55. The number of benzene rings is 1. The summed E-state index contributed by atoms with van der Waals surface area (Å²) in [6.07, 6.45) is 0.392. The van der Waals surface area contributed by atoms with Crippen LogP contribution in [0.4, 0.5) is 5.13 Å². The Morgan fingerprint density at radius 1 is 1.60 bits per heavy atom. The van der Waals surface area contributed by atoms with Gasteiger partial charge >= 0.3 is 0 Å². The first-order valence-corrected chi connectivity index (χ1v) is 7.25. The van der Waals surface area contributed by atoms with Gasteiger partial charge in [-0.15, -0.1) is 0 Å². The van der Waals surface area contributed by atoms with Gasteiger partial charge in [-0.3, -0.25) is 9.69 Å². The van der Waals surface area contributed by atoms with Gasteiger partial charge in [0.2, 0.25) is 5.91 Å². The van der Waals surface area contributed by atoms with Crippen LogP contribution in [0.2, 0.25) is 5.02 Å². The van der Waals surface area contributed by atoms with Gasteiger partial charge in [0.1, 0.15) is 5.52 Å². The number of thiazole rings is 1. The van der Waals surface area contributed by atoms with Gasteiger partial charge in [-0.2, -0.15) is 0 Å². The van der Waals surface area contributed by atoms with Gasteiger partial charge in [0, 0.05) is 24.4 Å². The van der Waals surface area contributed by atoms with Crippen molar-refractivity contribution in [2.24, 2.45) is 11.0 Å². The third kappa shape index (κ3) is 2.31. The first-order chi connectivity index (χ1) is 9.69. The average molecular weight is 308 g/mol. The van der Waals surface area contributed by atoms with Crippen molar-refractivity contribution < 1.29 is 4.79 Å². The van der Waals surface area contributed by atoms with E-state index in [2.05, 4.69) is 15.0 Å². The van der Waals surface area contributed by atoms with E-state index >= 15 is 0 Å². The van der Waals surface area contributed by atoms with Gasteiger partial charge in [-0.25, -0.2) is 4.98 Å². The minimum Gasteiger partial charge on any atom is -0.288 e. The van der Waals surface area contributed by atoms with Crippen molar-refractivity contribution in [1.29, 1.82) is 0 Å². The van der Waals surface area contributed by atoms with Crippen LogP contribution in [-0.4, -0.2) is 24.0 Å². The van der Waals surface area contributed by atoms with Crippen LogP contribution in [0, 0.1) is 5.92 Å². The summed E-state index contributed by atoms with van der Waals surface area (Å²) in [4.78, 5) is 20.9. The first-order valence-electron chi connectivity index (χ1n) is 6.05. The molecule has 1 unspecified atom stereocenters. The normalized spacial score (nSPS) is 18.6. The van der Waals surface area contributed by atoms with Crippen molar-refractivity contribution in [1.82, 2.24) is 4.98 Å². The van der Waals surface area contributed by atoms with Gasteiger partial charge in [0.25, 0.3) is 0 Å². The van der Waals surface area contributed by atoms with Gasteiger partial charge in [0.15, 0.2) is 5.13 Å². The van der Waals surface area contributed by atoms with Gasteiger partial charge < -0.3 is 0 Å². The fraction of sp³-hybridized carbons (Fsp3) is 0.333. The number of nitrogens with zero attached hydrogens (tertiary/aromatic N) is 5. The monoisotopic (exact) mass is 307 g/mol. The van der Waals surface area contributed by atoms with Crippen molar-refractivity contribution >= 4 is 44.2 Å². The van der Waals surface area contributed by atoms with Crippen LogP contribution in [0.5, 0.6) is 0 Å². The number of azide groups is 1. The minimum absolute atomic E-state index is 0.0123. The Balaban J connectivity index is 1.89. The van der Waals surface area contributed by atoms with Crippen LogP contribution in [0.15, 0.2) is 23.3 Å². The maximum atomic E-state index is 12.0. The summed E-state index contributed by atoms with van der Waals surface area (Å²) in [5.74, 6) is 0.0687. The van der Waals surface area contributed by atoms with Crippen LogP contribution >= 0.6 is 22.9 Å². The zero-order valence-electron chi connectivity index (χ0n) is 10.4. The first kappa shape index (κ1) is 13.2.